The lowest BCUT2D eigenvalue weighted by Crippen LogP contribution is -2.31. The molecule has 1 saturated heterocycles. The van der Waals surface area contributed by atoms with Crippen LogP contribution in [0.25, 0.3) is 11.0 Å². The Bertz CT molecular complexity index is 1130. The SMILES string of the molecule is CC(C)OCc1c(C(=O)Nc2ccc(C(N)=O)c(N3CCCCC3)c2)oc2ccccc12. The van der Waals surface area contributed by atoms with Crippen molar-refractivity contribution in [2.24, 2.45) is 5.73 Å². The van der Waals surface area contributed by atoms with Crippen LogP contribution in [0.5, 0.6) is 0 Å². The fourth-order valence-electron chi connectivity index (χ4n) is 4.08. The molecule has 4 rings (SSSR count). The maximum absolute atomic E-state index is 13.2. The highest BCUT2D eigenvalue weighted by molar-refractivity contribution is 6.07. The Morgan fingerprint density at radius 1 is 1.12 bits per heavy atom. The largest absolute Gasteiger partial charge is 0.451 e. The number of hydrogen-bond donors (Lipinski definition) is 2. The van der Waals surface area contributed by atoms with E-state index in [0.717, 1.165) is 42.6 Å². The molecule has 0 atom stereocenters. The molecule has 168 valence electrons. The van der Waals surface area contributed by atoms with E-state index in [1.165, 1.54) is 6.42 Å². The number of primary amides is 1. The number of hydrogen-bond acceptors (Lipinski definition) is 5. The molecule has 0 bridgehead atoms. The molecule has 0 spiro atoms. The number of carbonyl (C=O) groups is 2. The molecule has 1 aliphatic heterocycles. The number of nitrogens with zero attached hydrogens (tertiary/aromatic N) is 1. The first kappa shape index (κ1) is 21.9. The van der Waals surface area contributed by atoms with E-state index in [1.54, 1.807) is 12.1 Å². The molecule has 0 unspecified atom stereocenters. The number of amides is 2. The van der Waals surface area contributed by atoms with E-state index >= 15 is 0 Å². The van der Waals surface area contributed by atoms with Crippen LogP contribution in [0.15, 0.2) is 46.9 Å². The summed E-state index contributed by atoms with van der Waals surface area (Å²) in [7, 11) is 0. The van der Waals surface area contributed by atoms with Crippen LogP contribution in [0.4, 0.5) is 11.4 Å². The zero-order valence-corrected chi connectivity index (χ0v) is 18.5. The molecule has 7 nitrogen and oxygen atoms in total. The zero-order valence-electron chi connectivity index (χ0n) is 18.5. The van der Waals surface area contributed by atoms with Crippen molar-refractivity contribution < 1.29 is 18.7 Å². The average Bonchev–Trinajstić information content (AvgIpc) is 3.17. The van der Waals surface area contributed by atoms with Crippen LogP contribution < -0.4 is 16.0 Å². The predicted molar refractivity (Wildman–Crippen MR) is 125 cm³/mol. The van der Waals surface area contributed by atoms with Crippen molar-refractivity contribution in [2.75, 3.05) is 23.3 Å². The van der Waals surface area contributed by atoms with Crippen LogP contribution in [0, 0.1) is 0 Å². The fourth-order valence-corrected chi connectivity index (χ4v) is 4.08. The minimum Gasteiger partial charge on any atom is -0.451 e. The summed E-state index contributed by atoms with van der Waals surface area (Å²) in [6.45, 7) is 5.89. The second-order valence-electron chi connectivity index (χ2n) is 8.36. The van der Waals surface area contributed by atoms with Gasteiger partial charge in [0.05, 0.1) is 24.0 Å². The summed E-state index contributed by atoms with van der Waals surface area (Å²) in [6.07, 6.45) is 3.32. The molecule has 7 heteroatoms. The molecule has 32 heavy (non-hydrogen) atoms. The van der Waals surface area contributed by atoms with Gasteiger partial charge in [0.25, 0.3) is 11.8 Å². The molecule has 3 aromatic rings. The van der Waals surface area contributed by atoms with Gasteiger partial charge < -0.3 is 25.1 Å². The second-order valence-corrected chi connectivity index (χ2v) is 8.36. The van der Waals surface area contributed by atoms with Crippen molar-refractivity contribution in [3.8, 4) is 0 Å². The molecule has 1 aliphatic rings. The Morgan fingerprint density at radius 2 is 1.88 bits per heavy atom. The molecular weight excluding hydrogens is 406 g/mol. The van der Waals surface area contributed by atoms with Gasteiger partial charge >= 0.3 is 0 Å². The van der Waals surface area contributed by atoms with Gasteiger partial charge in [0.2, 0.25) is 0 Å². The molecule has 1 fully saturated rings. The minimum atomic E-state index is -0.478. The number of nitrogens with two attached hydrogens (primary N) is 1. The van der Waals surface area contributed by atoms with Gasteiger partial charge in [-0.25, -0.2) is 0 Å². The third-order valence-electron chi connectivity index (χ3n) is 5.68. The summed E-state index contributed by atoms with van der Waals surface area (Å²) in [5.74, 6) is -0.612. The van der Waals surface area contributed by atoms with Crippen molar-refractivity contribution in [3.63, 3.8) is 0 Å². The van der Waals surface area contributed by atoms with Crippen LogP contribution in [-0.2, 0) is 11.3 Å². The van der Waals surface area contributed by atoms with Crippen LogP contribution in [0.1, 0.15) is 59.6 Å². The summed E-state index contributed by atoms with van der Waals surface area (Å²) in [4.78, 5) is 27.3. The van der Waals surface area contributed by atoms with Gasteiger partial charge in [0, 0.05) is 29.7 Å². The van der Waals surface area contributed by atoms with Crippen molar-refractivity contribution in [3.05, 3.63) is 59.4 Å². The number of para-hydroxylation sites is 1. The number of piperidine rings is 1. The zero-order chi connectivity index (χ0) is 22.7. The first-order valence-corrected chi connectivity index (χ1v) is 11.1. The van der Waals surface area contributed by atoms with Crippen LogP contribution in [0.3, 0.4) is 0 Å². The molecular formula is C25H29N3O4. The van der Waals surface area contributed by atoms with Gasteiger partial charge in [0.15, 0.2) is 5.76 Å². The maximum atomic E-state index is 13.2. The van der Waals surface area contributed by atoms with E-state index in [2.05, 4.69) is 10.2 Å². The van der Waals surface area contributed by atoms with Crippen LogP contribution >= 0.6 is 0 Å². The van der Waals surface area contributed by atoms with Crippen LogP contribution in [-0.4, -0.2) is 31.0 Å². The third-order valence-corrected chi connectivity index (χ3v) is 5.68. The van der Waals surface area contributed by atoms with Gasteiger partial charge in [-0.15, -0.1) is 0 Å². The maximum Gasteiger partial charge on any atom is 0.291 e. The topological polar surface area (TPSA) is 97.8 Å². The molecule has 3 N–H and O–H groups in total. The molecule has 2 heterocycles. The van der Waals surface area contributed by atoms with Gasteiger partial charge in [-0.2, -0.15) is 0 Å². The quantitative estimate of drug-likeness (QED) is 0.561. The highest BCUT2D eigenvalue weighted by Crippen LogP contribution is 2.30. The molecule has 0 saturated carbocycles. The van der Waals surface area contributed by atoms with E-state index < -0.39 is 5.91 Å². The normalized spacial score (nSPS) is 14.2. The molecule has 1 aromatic heterocycles. The van der Waals surface area contributed by atoms with Crippen LogP contribution in [0.2, 0.25) is 0 Å². The number of carbonyl (C=O) groups excluding carboxylic acids is 2. The Kier molecular flexibility index (Phi) is 6.46. The number of ether oxygens (including phenoxy) is 1. The van der Waals surface area contributed by atoms with Crippen molar-refractivity contribution in [1.29, 1.82) is 0 Å². The summed E-state index contributed by atoms with van der Waals surface area (Å²) in [5, 5.41) is 3.78. The first-order valence-electron chi connectivity index (χ1n) is 11.1. The molecule has 0 radical (unpaired) electrons. The number of benzene rings is 2. The van der Waals surface area contributed by atoms with Crippen molar-refractivity contribution in [2.45, 2.75) is 45.8 Å². The fraction of sp³-hybridized carbons (Fsp3) is 0.360. The Hall–Kier alpha value is -3.32. The van der Waals surface area contributed by atoms with E-state index in [0.29, 0.717) is 16.8 Å². The summed E-state index contributed by atoms with van der Waals surface area (Å²) in [6, 6.07) is 12.7. The Balaban J connectivity index is 1.64. The first-order chi connectivity index (χ1) is 15.4. The van der Waals surface area contributed by atoms with E-state index in [9.17, 15) is 9.59 Å². The summed E-state index contributed by atoms with van der Waals surface area (Å²) >= 11 is 0. The predicted octanol–water partition coefficient (Wildman–Crippen LogP) is 4.70. The third kappa shape index (κ3) is 4.62. The summed E-state index contributed by atoms with van der Waals surface area (Å²) in [5.41, 5.74) is 8.75. The highest BCUT2D eigenvalue weighted by atomic mass is 16.5. The Morgan fingerprint density at radius 3 is 2.59 bits per heavy atom. The smallest absolute Gasteiger partial charge is 0.291 e. The lowest BCUT2D eigenvalue weighted by molar-refractivity contribution is 0.0648. The number of nitrogens with one attached hydrogen (secondary N) is 1. The van der Waals surface area contributed by atoms with E-state index in [4.69, 9.17) is 14.9 Å². The van der Waals surface area contributed by atoms with Gasteiger partial charge in [-0.3, -0.25) is 9.59 Å². The average molecular weight is 436 g/mol. The standard InChI is InChI=1S/C25H29N3O4/c1-16(2)31-15-20-18-8-4-5-9-22(18)32-23(20)25(30)27-17-10-11-19(24(26)29)21(14-17)28-12-6-3-7-13-28/h4-5,8-11,14,16H,3,6-7,12-13,15H2,1-2H3,(H2,26,29)(H,27,30). The lowest BCUT2D eigenvalue weighted by Gasteiger charge is -2.30. The molecule has 0 aliphatic carbocycles. The van der Waals surface area contributed by atoms with E-state index in [-0.39, 0.29) is 24.4 Å². The molecule has 2 amide bonds. The number of rotatable bonds is 7. The van der Waals surface area contributed by atoms with Crippen molar-refractivity contribution in [1.82, 2.24) is 0 Å². The lowest BCUT2D eigenvalue weighted by atomic mass is 10.1. The monoisotopic (exact) mass is 435 g/mol. The second kappa shape index (κ2) is 9.44. The van der Waals surface area contributed by atoms with Crippen molar-refractivity contribution >= 4 is 34.2 Å². The van der Waals surface area contributed by atoms with Gasteiger partial charge in [0.1, 0.15) is 5.58 Å². The van der Waals surface area contributed by atoms with Gasteiger partial charge in [-0.1, -0.05) is 18.2 Å². The van der Waals surface area contributed by atoms with E-state index in [1.807, 2.05) is 44.2 Å². The van der Waals surface area contributed by atoms with Gasteiger partial charge in [-0.05, 0) is 57.4 Å². The number of anilines is 2. The number of fused-ring (bicyclic) bond motifs is 1. The summed E-state index contributed by atoms with van der Waals surface area (Å²) < 4.78 is 11.7. The Labute approximate surface area is 187 Å². The number of furan rings is 1. The minimum absolute atomic E-state index is 0.0213. The molecule has 2 aromatic carbocycles. The highest BCUT2D eigenvalue weighted by Gasteiger charge is 2.23.